The molecule has 3 rings (SSSR count). The molecule has 2 N–H and O–H groups in total. The van der Waals surface area contributed by atoms with Crippen LogP contribution in [0, 0.1) is 5.92 Å². The first-order valence-electron chi connectivity index (χ1n) is 5.92. The zero-order valence-electron chi connectivity index (χ0n) is 9.48. The zero-order chi connectivity index (χ0) is 11.3. The van der Waals surface area contributed by atoms with Crippen molar-refractivity contribution in [3.63, 3.8) is 0 Å². The van der Waals surface area contributed by atoms with E-state index in [1.165, 1.54) is 12.8 Å². The minimum absolute atomic E-state index is 0.112. The molecule has 1 saturated carbocycles. The summed E-state index contributed by atoms with van der Waals surface area (Å²) in [7, 11) is 0. The van der Waals surface area contributed by atoms with Gasteiger partial charge < -0.3 is 10.6 Å². The quantitative estimate of drug-likeness (QED) is 0.793. The third kappa shape index (κ3) is 1.30. The lowest BCUT2D eigenvalue weighted by Gasteiger charge is -2.37. The predicted octanol–water partition coefficient (Wildman–Crippen LogP) is 1.45. The highest BCUT2D eigenvalue weighted by molar-refractivity contribution is 8.00. The van der Waals surface area contributed by atoms with Gasteiger partial charge in [-0.2, -0.15) is 16.8 Å². The predicted molar refractivity (Wildman–Crippen MR) is 65.7 cm³/mol. The van der Waals surface area contributed by atoms with Gasteiger partial charge in [0.25, 0.3) is 0 Å². The summed E-state index contributed by atoms with van der Waals surface area (Å²) in [5.74, 6) is 2.32. The standard InChI is InChI=1S/C11H17N3OS/c1-7-11(4-5-16-7)9(12)13-10(15)14(11)6-8-2-3-8/h7-8H,2-6H2,1H3,(H2,12,13,15). The largest absolute Gasteiger partial charge is 0.385 e. The Hall–Kier alpha value is -0.710. The van der Waals surface area contributed by atoms with Crippen LogP contribution >= 0.6 is 11.8 Å². The molecule has 16 heavy (non-hydrogen) atoms. The van der Waals surface area contributed by atoms with E-state index in [0.717, 1.165) is 18.7 Å². The van der Waals surface area contributed by atoms with Crippen LogP contribution in [0.4, 0.5) is 4.79 Å². The second-order valence-electron chi connectivity index (χ2n) is 5.02. The van der Waals surface area contributed by atoms with E-state index in [0.29, 0.717) is 17.0 Å². The first-order valence-corrected chi connectivity index (χ1v) is 6.97. The molecule has 1 spiro atoms. The molecule has 2 aliphatic heterocycles. The Kier molecular flexibility index (Phi) is 2.21. The van der Waals surface area contributed by atoms with Gasteiger partial charge in [0.2, 0.25) is 0 Å². The van der Waals surface area contributed by atoms with Crippen LogP contribution in [0.3, 0.4) is 0 Å². The van der Waals surface area contributed by atoms with E-state index >= 15 is 0 Å². The lowest BCUT2D eigenvalue weighted by molar-refractivity contribution is 0.167. The van der Waals surface area contributed by atoms with Crippen LogP contribution in [-0.4, -0.2) is 39.9 Å². The molecule has 1 saturated heterocycles. The fourth-order valence-corrected chi connectivity index (χ4v) is 4.22. The molecule has 2 heterocycles. The van der Waals surface area contributed by atoms with Gasteiger partial charge in [-0.3, -0.25) is 0 Å². The number of nitrogens with two attached hydrogens (primary N) is 1. The minimum atomic E-state index is -0.260. The highest BCUT2D eigenvalue weighted by Gasteiger charge is 2.55. The summed E-state index contributed by atoms with van der Waals surface area (Å²) in [4.78, 5) is 17.9. The number of amidine groups is 1. The van der Waals surface area contributed by atoms with Gasteiger partial charge in [-0.1, -0.05) is 6.92 Å². The fourth-order valence-electron chi connectivity index (χ4n) is 2.79. The first-order chi connectivity index (χ1) is 7.64. The Bertz CT molecular complexity index is 366. The molecule has 5 heteroatoms. The number of aliphatic imine (C=N–C) groups is 1. The maximum atomic E-state index is 11.9. The normalized spacial score (nSPS) is 38.6. The molecule has 0 aromatic heterocycles. The van der Waals surface area contributed by atoms with Gasteiger partial charge in [-0.15, -0.1) is 0 Å². The monoisotopic (exact) mass is 239 g/mol. The van der Waals surface area contributed by atoms with E-state index in [4.69, 9.17) is 5.73 Å². The summed E-state index contributed by atoms with van der Waals surface area (Å²) in [6, 6.07) is -0.112. The summed E-state index contributed by atoms with van der Waals surface area (Å²) >= 11 is 1.90. The molecule has 2 amide bonds. The molecule has 0 bridgehead atoms. The topological polar surface area (TPSA) is 58.7 Å². The Balaban J connectivity index is 1.92. The van der Waals surface area contributed by atoms with E-state index in [-0.39, 0.29) is 11.6 Å². The SMILES string of the molecule is CC1SCCC12C(N)=NC(=O)N2CC1CC1. The molecule has 2 atom stereocenters. The zero-order valence-corrected chi connectivity index (χ0v) is 10.3. The molecular weight excluding hydrogens is 222 g/mol. The second kappa shape index (κ2) is 3.39. The van der Waals surface area contributed by atoms with Crippen molar-refractivity contribution in [2.75, 3.05) is 12.3 Å². The Labute approximate surface area is 99.7 Å². The highest BCUT2D eigenvalue weighted by Crippen LogP contribution is 2.45. The van der Waals surface area contributed by atoms with E-state index in [2.05, 4.69) is 11.9 Å². The summed E-state index contributed by atoms with van der Waals surface area (Å²) in [5, 5.41) is 0.376. The van der Waals surface area contributed by atoms with Crippen molar-refractivity contribution in [3.05, 3.63) is 0 Å². The van der Waals surface area contributed by atoms with Crippen LogP contribution in [0.25, 0.3) is 0 Å². The number of amides is 2. The maximum Gasteiger partial charge on any atom is 0.346 e. The molecule has 2 fully saturated rings. The van der Waals surface area contributed by atoms with Crippen molar-refractivity contribution in [2.24, 2.45) is 16.6 Å². The number of urea groups is 1. The van der Waals surface area contributed by atoms with Gasteiger partial charge in [0.05, 0.1) is 0 Å². The van der Waals surface area contributed by atoms with Gasteiger partial charge >= 0.3 is 6.03 Å². The van der Waals surface area contributed by atoms with Crippen LogP contribution in [0.1, 0.15) is 26.2 Å². The van der Waals surface area contributed by atoms with Crippen LogP contribution in [0.2, 0.25) is 0 Å². The third-order valence-corrected chi connectivity index (χ3v) is 5.36. The number of thioether (sulfide) groups is 1. The van der Waals surface area contributed by atoms with Crippen LogP contribution in [-0.2, 0) is 0 Å². The molecule has 2 unspecified atom stereocenters. The average Bonchev–Trinajstić information content (AvgIpc) is 2.93. The molecule has 0 aromatic carbocycles. The van der Waals surface area contributed by atoms with E-state index in [1.54, 1.807) is 0 Å². The van der Waals surface area contributed by atoms with Crippen molar-refractivity contribution >= 4 is 23.6 Å². The summed E-state index contributed by atoms with van der Waals surface area (Å²) in [6.45, 7) is 3.02. The number of carbonyl (C=O) groups excluding carboxylic acids is 1. The fraction of sp³-hybridized carbons (Fsp3) is 0.818. The maximum absolute atomic E-state index is 11.9. The molecule has 0 aromatic rings. The minimum Gasteiger partial charge on any atom is -0.385 e. The number of nitrogens with zero attached hydrogens (tertiary/aromatic N) is 2. The number of carbonyl (C=O) groups is 1. The Morgan fingerprint density at radius 1 is 1.62 bits per heavy atom. The number of hydrogen-bond donors (Lipinski definition) is 1. The molecule has 88 valence electrons. The van der Waals surface area contributed by atoms with Crippen molar-refractivity contribution in [2.45, 2.75) is 37.0 Å². The van der Waals surface area contributed by atoms with Gasteiger partial charge in [-0.25, -0.2) is 4.79 Å². The highest BCUT2D eigenvalue weighted by atomic mass is 32.2. The Morgan fingerprint density at radius 2 is 2.38 bits per heavy atom. The van der Waals surface area contributed by atoms with Gasteiger partial charge in [0.1, 0.15) is 11.4 Å². The van der Waals surface area contributed by atoms with E-state index in [1.807, 2.05) is 16.7 Å². The van der Waals surface area contributed by atoms with Gasteiger partial charge in [0, 0.05) is 11.8 Å². The Morgan fingerprint density at radius 3 is 2.94 bits per heavy atom. The van der Waals surface area contributed by atoms with E-state index < -0.39 is 0 Å². The molecule has 4 nitrogen and oxygen atoms in total. The third-order valence-electron chi connectivity index (χ3n) is 4.03. The average molecular weight is 239 g/mol. The van der Waals surface area contributed by atoms with Crippen LogP contribution in [0.5, 0.6) is 0 Å². The van der Waals surface area contributed by atoms with E-state index in [9.17, 15) is 4.79 Å². The lowest BCUT2D eigenvalue weighted by Crippen LogP contribution is -2.58. The summed E-state index contributed by atoms with van der Waals surface area (Å²) in [6.07, 6.45) is 3.47. The van der Waals surface area contributed by atoms with Gasteiger partial charge in [-0.05, 0) is 30.9 Å². The van der Waals surface area contributed by atoms with Crippen molar-refractivity contribution in [3.8, 4) is 0 Å². The second-order valence-corrected chi connectivity index (χ2v) is 6.47. The van der Waals surface area contributed by atoms with Crippen LogP contribution < -0.4 is 5.73 Å². The number of hydrogen-bond acceptors (Lipinski definition) is 3. The first kappa shape index (κ1) is 10.4. The smallest absolute Gasteiger partial charge is 0.346 e. The number of rotatable bonds is 2. The molecule has 1 aliphatic carbocycles. The van der Waals surface area contributed by atoms with Crippen molar-refractivity contribution < 1.29 is 4.79 Å². The molecule has 3 aliphatic rings. The van der Waals surface area contributed by atoms with Crippen LogP contribution in [0.15, 0.2) is 4.99 Å². The summed E-state index contributed by atoms with van der Waals surface area (Å²) < 4.78 is 0. The van der Waals surface area contributed by atoms with Crippen molar-refractivity contribution in [1.82, 2.24) is 4.90 Å². The molecule has 0 radical (unpaired) electrons. The lowest BCUT2D eigenvalue weighted by atomic mass is 9.90. The van der Waals surface area contributed by atoms with Crippen molar-refractivity contribution in [1.29, 1.82) is 0 Å². The summed E-state index contributed by atoms with van der Waals surface area (Å²) in [5.41, 5.74) is 5.76. The molecular formula is C11H17N3OS. The van der Waals surface area contributed by atoms with Gasteiger partial charge in [0.15, 0.2) is 0 Å².